The largest absolute Gasteiger partial charge is 0.382 e. The Morgan fingerprint density at radius 2 is 2.22 bits per heavy atom. The van der Waals surface area contributed by atoms with Crippen molar-refractivity contribution in [3.63, 3.8) is 0 Å². The predicted octanol–water partition coefficient (Wildman–Crippen LogP) is 0.672. The number of rotatable bonds is 8. The molecule has 108 valence electrons. The average Bonchev–Trinajstić information content (AvgIpc) is 2.85. The van der Waals surface area contributed by atoms with Crippen molar-refractivity contribution >= 4 is 18.3 Å². The molecule has 0 aromatic rings. The van der Waals surface area contributed by atoms with Gasteiger partial charge in [-0.25, -0.2) is 0 Å². The van der Waals surface area contributed by atoms with Gasteiger partial charge in [-0.15, -0.1) is 12.4 Å². The standard InChI is InChI=1S/C12H24N2O3.ClH/c1-3-6-14(11-4-5-13-9-11)12(15)10-17-8-7-16-2;/h11,13H,3-10H2,1-2H3;1H. The number of carbonyl (C=O) groups excluding carboxylic acids is 1. The summed E-state index contributed by atoms with van der Waals surface area (Å²) in [5.74, 6) is 0.0941. The Hall–Kier alpha value is -0.360. The number of nitrogens with zero attached hydrogens (tertiary/aromatic N) is 1. The first-order valence-corrected chi connectivity index (χ1v) is 6.36. The van der Waals surface area contributed by atoms with Crippen molar-refractivity contribution < 1.29 is 14.3 Å². The molecule has 1 aliphatic rings. The van der Waals surface area contributed by atoms with E-state index in [4.69, 9.17) is 9.47 Å². The summed E-state index contributed by atoms with van der Waals surface area (Å²) in [6.45, 7) is 6.00. The van der Waals surface area contributed by atoms with E-state index in [1.54, 1.807) is 7.11 Å². The molecule has 0 aliphatic carbocycles. The molecule has 1 rings (SSSR count). The maximum Gasteiger partial charge on any atom is 0.248 e. The highest BCUT2D eigenvalue weighted by Crippen LogP contribution is 2.09. The van der Waals surface area contributed by atoms with Gasteiger partial charge in [0, 0.05) is 26.2 Å². The van der Waals surface area contributed by atoms with E-state index in [-0.39, 0.29) is 24.9 Å². The molecule has 1 amide bonds. The number of nitrogens with one attached hydrogen (secondary N) is 1. The summed E-state index contributed by atoms with van der Waals surface area (Å²) in [6.07, 6.45) is 2.03. The molecule has 5 nitrogen and oxygen atoms in total. The predicted molar refractivity (Wildman–Crippen MR) is 73.2 cm³/mol. The highest BCUT2D eigenvalue weighted by molar-refractivity contribution is 5.85. The molecular formula is C12H25ClN2O3. The van der Waals surface area contributed by atoms with Gasteiger partial charge < -0.3 is 19.7 Å². The Balaban J connectivity index is 0.00000289. The molecule has 1 N–H and O–H groups in total. The topological polar surface area (TPSA) is 50.8 Å². The lowest BCUT2D eigenvalue weighted by Gasteiger charge is -2.28. The number of ether oxygens (including phenoxy) is 2. The van der Waals surface area contributed by atoms with E-state index in [0.29, 0.717) is 19.3 Å². The van der Waals surface area contributed by atoms with Gasteiger partial charge in [0.1, 0.15) is 6.61 Å². The molecule has 0 aromatic heterocycles. The lowest BCUT2D eigenvalue weighted by atomic mass is 10.2. The van der Waals surface area contributed by atoms with Crippen LogP contribution in [0.25, 0.3) is 0 Å². The van der Waals surface area contributed by atoms with Crippen molar-refractivity contribution in [1.29, 1.82) is 0 Å². The molecule has 18 heavy (non-hydrogen) atoms. The van der Waals surface area contributed by atoms with Crippen LogP contribution in [0, 0.1) is 0 Å². The van der Waals surface area contributed by atoms with Crippen LogP contribution in [0.15, 0.2) is 0 Å². The number of halogens is 1. The first-order chi connectivity index (χ1) is 8.29. The summed E-state index contributed by atoms with van der Waals surface area (Å²) < 4.78 is 10.2. The summed E-state index contributed by atoms with van der Waals surface area (Å²) in [7, 11) is 1.62. The number of carbonyl (C=O) groups is 1. The monoisotopic (exact) mass is 280 g/mol. The maximum atomic E-state index is 12.0. The molecule has 0 radical (unpaired) electrons. The smallest absolute Gasteiger partial charge is 0.248 e. The molecule has 1 atom stereocenters. The summed E-state index contributed by atoms with van der Waals surface area (Å²) >= 11 is 0. The van der Waals surface area contributed by atoms with Gasteiger partial charge in [0.05, 0.1) is 13.2 Å². The highest BCUT2D eigenvalue weighted by atomic mass is 35.5. The Morgan fingerprint density at radius 3 is 2.78 bits per heavy atom. The van der Waals surface area contributed by atoms with Gasteiger partial charge in [-0.05, 0) is 19.4 Å². The summed E-state index contributed by atoms with van der Waals surface area (Å²) in [6, 6.07) is 0.341. The van der Waals surface area contributed by atoms with Crippen molar-refractivity contribution in [2.24, 2.45) is 0 Å². The third kappa shape index (κ3) is 6.00. The zero-order valence-electron chi connectivity index (χ0n) is 11.3. The van der Waals surface area contributed by atoms with Gasteiger partial charge in [0.25, 0.3) is 0 Å². The normalized spacial score (nSPS) is 18.4. The summed E-state index contributed by atoms with van der Waals surface area (Å²) in [4.78, 5) is 14.0. The van der Waals surface area contributed by atoms with Crippen molar-refractivity contribution in [2.75, 3.05) is 46.6 Å². The number of amides is 1. The zero-order valence-corrected chi connectivity index (χ0v) is 12.1. The lowest BCUT2D eigenvalue weighted by molar-refractivity contribution is -0.138. The summed E-state index contributed by atoms with van der Waals surface area (Å²) in [5, 5.41) is 3.29. The fourth-order valence-corrected chi connectivity index (χ4v) is 2.04. The van der Waals surface area contributed by atoms with E-state index in [0.717, 1.165) is 32.5 Å². The van der Waals surface area contributed by atoms with Crippen LogP contribution in [0.1, 0.15) is 19.8 Å². The van der Waals surface area contributed by atoms with Crippen LogP contribution < -0.4 is 5.32 Å². The van der Waals surface area contributed by atoms with Crippen molar-refractivity contribution in [1.82, 2.24) is 10.2 Å². The minimum atomic E-state index is 0. The van der Waals surface area contributed by atoms with Crippen molar-refractivity contribution in [3.05, 3.63) is 0 Å². The molecule has 6 heteroatoms. The number of methoxy groups -OCH3 is 1. The van der Waals surface area contributed by atoms with E-state index in [9.17, 15) is 4.79 Å². The molecule has 1 heterocycles. The minimum absolute atomic E-state index is 0. The van der Waals surface area contributed by atoms with E-state index in [1.807, 2.05) is 4.90 Å². The second kappa shape index (κ2) is 10.6. The van der Waals surface area contributed by atoms with Gasteiger partial charge in [-0.3, -0.25) is 4.79 Å². The summed E-state index contributed by atoms with van der Waals surface area (Å²) in [5.41, 5.74) is 0. The van der Waals surface area contributed by atoms with Gasteiger partial charge in [0.2, 0.25) is 5.91 Å². The van der Waals surface area contributed by atoms with Crippen LogP contribution in [-0.4, -0.2) is 63.4 Å². The molecule has 1 fully saturated rings. The van der Waals surface area contributed by atoms with Gasteiger partial charge in [0.15, 0.2) is 0 Å². The van der Waals surface area contributed by atoms with E-state index < -0.39 is 0 Å². The number of hydrogen-bond acceptors (Lipinski definition) is 4. The van der Waals surface area contributed by atoms with Crippen LogP contribution in [0.3, 0.4) is 0 Å². The zero-order chi connectivity index (χ0) is 12.5. The number of hydrogen-bond donors (Lipinski definition) is 1. The Morgan fingerprint density at radius 1 is 1.44 bits per heavy atom. The third-order valence-electron chi connectivity index (χ3n) is 2.92. The Labute approximate surface area is 116 Å². The first kappa shape index (κ1) is 17.6. The molecular weight excluding hydrogens is 256 g/mol. The minimum Gasteiger partial charge on any atom is -0.382 e. The molecule has 0 aromatic carbocycles. The Bertz CT molecular complexity index is 223. The maximum absolute atomic E-state index is 12.0. The van der Waals surface area contributed by atoms with Gasteiger partial charge >= 0.3 is 0 Å². The second-order valence-corrected chi connectivity index (χ2v) is 4.28. The highest BCUT2D eigenvalue weighted by Gasteiger charge is 2.25. The lowest BCUT2D eigenvalue weighted by Crippen LogP contribution is -2.44. The van der Waals surface area contributed by atoms with E-state index in [1.165, 1.54) is 0 Å². The molecule has 1 aliphatic heterocycles. The first-order valence-electron chi connectivity index (χ1n) is 6.36. The Kier molecular flexibility index (Phi) is 10.3. The van der Waals surface area contributed by atoms with Gasteiger partial charge in [-0.2, -0.15) is 0 Å². The molecule has 1 unspecified atom stereocenters. The molecule has 0 bridgehead atoms. The van der Waals surface area contributed by atoms with Crippen LogP contribution in [0.2, 0.25) is 0 Å². The van der Waals surface area contributed by atoms with Gasteiger partial charge in [-0.1, -0.05) is 6.92 Å². The van der Waals surface area contributed by atoms with Crippen molar-refractivity contribution in [2.45, 2.75) is 25.8 Å². The molecule has 0 spiro atoms. The van der Waals surface area contributed by atoms with Crippen LogP contribution >= 0.6 is 12.4 Å². The van der Waals surface area contributed by atoms with Crippen molar-refractivity contribution in [3.8, 4) is 0 Å². The SMILES string of the molecule is CCCN(C(=O)COCCOC)C1CCNC1.Cl. The van der Waals surface area contributed by atoms with Crippen LogP contribution in [0.4, 0.5) is 0 Å². The van der Waals surface area contributed by atoms with Crippen LogP contribution in [-0.2, 0) is 14.3 Å². The molecule has 1 saturated heterocycles. The van der Waals surface area contributed by atoms with E-state index in [2.05, 4.69) is 12.2 Å². The molecule has 0 saturated carbocycles. The fraction of sp³-hybridized carbons (Fsp3) is 0.917. The van der Waals surface area contributed by atoms with E-state index >= 15 is 0 Å². The third-order valence-corrected chi connectivity index (χ3v) is 2.92. The quantitative estimate of drug-likeness (QED) is 0.664. The second-order valence-electron chi connectivity index (χ2n) is 4.28. The average molecular weight is 281 g/mol. The fourth-order valence-electron chi connectivity index (χ4n) is 2.04. The van der Waals surface area contributed by atoms with Crippen LogP contribution in [0.5, 0.6) is 0 Å².